The van der Waals surface area contributed by atoms with E-state index in [2.05, 4.69) is 0 Å². The third-order valence-corrected chi connectivity index (χ3v) is 1.37. The molecule has 3 heteroatoms. The van der Waals surface area contributed by atoms with Crippen LogP contribution in [0.3, 0.4) is 0 Å². The van der Waals surface area contributed by atoms with Crippen LogP contribution in [0.15, 0.2) is 0 Å². The zero-order chi connectivity index (χ0) is 7.44. The summed E-state index contributed by atoms with van der Waals surface area (Å²) in [6, 6.07) is 0. The molecule has 2 nitrogen and oxygen atoms in total. The summed E-state index contributed by atoms with van der Waals surface area (Å²) >= 11 is 0. The molecule has 0 aromatic carbocycles. The van der Waals surface area contributed by atoms with Crippen LogP contribution in [0.2, 0.25) is 0 Å². The zero-order valence-corrected chi connectivity index (χ0v) is 5.56. The lowest BCUT2D eigenvalue weighted by atomic mass is 10.0. The van der Waals surface area contributed by atoms with E-state index in [1.807, 2.05) is 0 Å². The van der Waals surface area contributed by atoms with Gasteiger partial charge in [-0.1, -0.05) is 20.3 Å². The lowest BCUT2D eigenvalue weighted by Gasteiger charge is -2.06. The number of hydrogen-bond acceptors (Lipinski definition) is 1. The monoisotopic (exact) mass is 133 g/mol. The summed E-state index contributed by atoms with van der Waals surface area (Å²) in [5.41, 5.74) is 0. The molecular weight excluding hydrogens is 123 g/mol. The number of carbonyl (C=O) groups is 1. The third-order valence-electron chi connectivity index (χ3n) is 1.37. The van der Waals surface area contributed by atoms with Gasteiger partial charge in [-0.3, -0.25) is 0 Å². The van der Waals surface area contributed by atoms with Crippen molar-refractivity contribution in [3.8, 4) is 0 Å². The highest BCUT2D eigenvalue weighted by atomic mass is 19.1. The molecule has 2 atom stereocenters. The van der Waals surface area contributed by atoms with Crippen molar-refractivity contribution in [3.63, 3.8) is 0 Å². The average Bonchev–Trinajstić information content (AvgIpc) is 1.84. The van der Waals surface area contributed by atoms with Crippen molar-refractivity contribution < 1.29 is 14.3 Å². The standard InChI is InChI=1S/C6H10FO2/c1-3-4(2)5(7)6(8)9/h4-5H,3H2,1-2H3. The Balaban J connectivity index is 3.72. The summed E-state index contributed by atoms with van der Waals surface area (Å²) in [4.78, 5) is 9.81. The maximum atomic E-state index is 12.3. The maximum absolute atomic E-state index is 12.3. The molecule has 0 bridgehead atoms. The lowest BCUT2D eigenvalue weighted by molar-refractivity contribution is -0.151. The molecule has 1 radical (unpaired) electrons. The van der Waals surface area contributed by atoms with Crippen molar-refractivity contribution in [2.24, 2.45) is 5.92 Å². The van der Waals surface area contributed by atoms with Crippen LogP contribution in [0, 0.1) is 5.92 Å². The molecule has 0 spiro atoms. The summed E-state index contributed by atoms with van der Waals surface area (Å²) in [5.74, 6) is -2.04. The molecule has 0 fully saturated rings. The quantitative estimate of drug-likeness (QED) is 0.572. The number of alkyl halides is 1. The van der Waals surface area contributed by atoms with Crippen LogP contribution in [-0.4, -0.2) is 12.1 Å². The van der Waals surface area contributed by atoms with Crippen LogP contribution in [-0.2, 0) is 9.90 Å². The van der Waals surface area contributed by atoms with Crippen molar-refractivity contribution in [1.82, 2.24) is 0 Å². The first-order chi connectivity index (χ1) is 4.09. The van der Waals surface area contributed by atoms with E-state index in [0.717, 1.165) is 0 Å². The van der Waals surface area contributed by atoms with Gasteiger partial charge in [0.2, 0.25) is 6.17 Å². The number of halogens is 1. The maximum Gasteiger partial charge on any atom is 0.389 e. The fraction of sp³-hybridized carbons (Fsp3) is 0.833. The summed E-state index contributed by atoms with van der Waals surface area (Å²) in [6.07, 6.45) is -1.29. The molecule has 0 aliphatic carbocycles. The first-order valence-electron chi connectivity index (χ1n) is 2.94. The second kappa shape index (κ2) is 3.43. The molecule has 0 heterocycles. The Morgan fingerprint density at radius 3 is 2.22 bits per heavy atom. The molecule has 0 aliphatic rings. The van der Waals surface area contributed by atoms with Crippen LogP contribution < -0.4 is 0 Å². The van der Waals surface area contributed by atoms with E-state index in [0.29, 0.717) is 6.42 Å². The first-order valence-corrected chi connectivity index (χ1v) is 2.94. The predicted octanol–water partition coefficient (Wildman–Crippen LogP) is 1.33. The van der Waals surface area contributed by atoms with Gasteiger partial charge in [-0.25, -0.2) is 14.3 Å². The Morgan fingerprint density at radius 1 is 1.67 bits per heavy atom. The Labute approximate surface area is 53.7 Å². The largest absolute Gasteiger partial charge is 0.389 e. The van der Waals surface area contributed by atoms with Gasteiger partial charge in [0.25, 0.3) is 0 Å². The minimum Gasteiger partial charge on any atom is -0.244 e. The fourth-order valence-corrected chi connectivity index (χ4v) is 0.439. The van der Waals surface area contributed by atoms with E-state index >= 15 is 0 Å². The number of rotatable bonds is 3. The van der Waals surface area contributed by atoms with Gasteiger partial charge < -0.3 is 0 Å². The van der Waals surface area contributed by atoms with Crippen molar-refractivity contribution in [3.05, 3.63) is 0 Å². The third kappa shape index (κ3) is 2.44. The topological polar surface area (TPSA) is 37.0 Å². The van der Waals surface area contributed by atoms with Crippen LogP contribution in [0.4, 0.5) is 4.39 Å². The van der Waals surface area contributed by atoms with E-state index in [-0.39, 0.29) is 0 Å². The minimum atomic E-state index is -1.81. The highest BCUT2D eigenvalue weighted by Crippen LogP contribution is 2.10. The minimum absolute atomic E-state index is 0.435. The van der Waals surface area contributed by atoms with Crippen molar-refractivity contribution in [1.29, 1.82) is 0 Å². The van der Waals surface area contributed by atoms with Crippen LogP contribution in [0.1, 0.15) is 20.3 Å². The van der Waals surface area contributed by atoms with E-state index < -0.39 is 18.1 Å². The fourth-order valence-electron chi connectivity index (χ4n) is 0.439. The second-order valence-electron chi connectivity index (χ2n) is 2.11. The van der Waals surface area contributed by atoms with E-state index in [9.17, 15) is 14.3 Å². The van der Waals surface area contributed by atoms with E-state index in [1.165, 1.54) is 0 Å². The molecule has 0 amide bonds. The molecule has 0 rings (SSSR count). The molecular formula is C6H10FO2. The summed E-state index contributed by atoms with van der Waals surface area (Å²) in [5, 5.41) is 9.81. The van der Waals surface area contributed by atoms with E-state index in [4.69, 9.17) is 0 Å². The van der Waals surface area contributed by atoms with Gasteiger partial charge in [-0.2, -0.15) is 0 Å². The molecule has 0 aliphatic heterocycles. The summed E-state index contributed by atoms with van der Waals surface area (Å²) in [7, 11) is 0. The highest BCUT2D eigenvalue weighted by Gasteiger charge is 2.23. The van der Waals surface area contributed by atoms with Crippen molar-refractivity contribution in [2.75, 3.05) is 0 Å². The Morgan fingerprint density at radius 2 is 2.11 bits per heavy atom. The number of carbonyl (C=O) groups excluding carboxylic acids is 1. The lowest BCUT2D eigenvalue weighted by Crippen LogP contribution is -2.21. The molecule has 0 aromatic heterocycles. The SMILES string of the molecule is CCC(C)C(F)C([O])=O. The smallest absolute Gasteiger partial charge is 0.244 e. The molecule has 0 saturated heterocycles. The molecule has 0 N–H and O–H groups in total. The van der Waals surface area contributed by atoms with Gasteiger partial charge in [0.15, 0.2) is 0 Å². The van der Waals surface area contributed by atoms with Gasteiger partial charge in [0, 0.05) is 0 Å². The van der Waals surface area contributed by atoms with Crippen molar-refractivity contribution in [2.45, 2.75) is 26.4 Å². The first kappa shape index (κ1) is 8.40. The predicted molar refractivity (Wildman–Crippen MR) is 30.0 cm³/mol. The van der Waals surface area contributed by atoms with Crippen LogP contribution in [0.5, 0.6) is 0 Å². The van der Waals surface area contributed by atoms with Gasteiger partial charge >= 0.3 is 5.97 Å². The molecule has 53 valence electrons. The Hall–Kier alpha value is -0.600. The average molecular weight is 133 g/mol. The van der Waals surface area contributed by atoms with Crippen LogP contribution in [0.25, 0.3) is 0 Å². The molecule has 0 saturated carbocycles. The van der Waals surface area contributed by atoms with Gasteiger partial charge in [-0.05, 0) is 5.92 Å². The van der Waals surface area contributed by atoms with Crippen LogP contribution >= 0.6 is 0 Å². The Kier molecular flexibility index (Phi) is 3.20. The number of hydrogen-bond donors (Lipinski definition) is 0. The van der Waals surface area contributed by atoms with E-state index in [1.54, 1.807) is 13.8 Å². The molecule has 9 heavy (non-hydrogen) atoms. The second-order valence-corrected chi connectivity index (χ2v) is 2.11. The zero-order valence-electron chi connectivity index (χ0n) is 5.56. The van der Waals surface area contributed by atoms with Crippen molar-refractivity contribution >= 4 is 5.97 Å². The Bertz CT molecular complexity index is 103. The highest BCUT2D eigenvalue weighted by molar-refractivity contribution is 5.71. The van der Waals surface area contributed by atoms with Gasteiger partial charge in [0.1, 0.15) is 0 Å². The molecule has 2 unspecified atom stereocenters. The normalized spacial score (nSPS) is 16.8. The molecule has 0 aromatic rings. The summed E-state index contributed by atoms with van der Waals surface area (Å²) in [6.45, 7) is 3.28. The summed E-state index contributed by atoms with van der Waals surface area (Å²) < 4.78 is 12.3. The van der Waals surface area contributed by atoms with Gasteiger partial charge in [0.05, 0.1) is 0 Å². The van der Waals surface area contributed by atoms with Gasteiger partial charge in [-0.15, -0.1) is 0 Å².